The number of amides is 2. The van der Waals surface area contributed by atoms with Gasteiger partial charge in [0.05, 0.1) is 0 Å². The number of nitrogens with one attached hydrogen (secondary N) is 1. The average Bonchev–Trinajstić information content (AvgIpc) is 3.34. The van der Waals surface area contributed by atoms with Crippen molar-refractivity contribution in [3.05, 3.63) is 29.8 Å². The van der Waals surface area contributed by atoms with Crippen LogP contribution in [-0.2, 0) is 6.42 Å². The van der Waals surface area contributed by atoms with Gasteiger partial charge in [-0.1, -0.05) is 12.1 Å². The second-order valence-electron chi connectivity index (χ2n) is 6.38. The van der Waals surface area contributed by atoms with Crippen LogP contribution >= 0.6 is 0 Å². The molecule has 1 aliphatic carbocycles. The molecule has 0 radical (unpaired) electrons. The smallest absolute Gasteiger partial charge is 0.317 e. The van der Waals surface area contributed by atoms with Crippen LogP contribution in [0.5, 0.6) is 5.75 Å². The predicted molar refractivity (Wildman–Crippen MR) is 85.9 cm³/mol. The lowest BCUT2D eigenvalue weighted by Crippen LogP contribution is -2.52. The molecule has 1 aromatic rings. The Balaban J connectivity index is 1.34. The number of urea groups is 1. The Morgan fingerprint density at radius 1 is 1.14 bits per heavy atom. The number of hydrogen-bond donors (Lipinski definition) is 2. The fourth-order valence-electron chi connectivity index (χ4n) is 2.89. The third kappa shape index (κ3) is 4.37. The van der Waals surface area contributed by atoms with Crippen molar-refractivity contribution in [2.24, 2.45) is 5.92 Å². The Bertz CT molecular complexity index is 491. The van der Waals surface area contributed by atoms with Gasteiger partial charge in [0.15, 0.2) is 0 Å². The molecule has 0 atom stereocenters. The van der Waals surface area contributed by atoms with Crippen LogP contribution in [0.2, 0.25) is 0 Å². The molecule has 0 spiro atoms. The molecule has 1 aliphatic heterocycles. The lowest BCUT2D eigenvalue weighted by atomic mass is 10.1. The highest BCUT2D eigenvalue weighted by atomic mass is 16.3. The molecule has 1 saturated carbocycles. The number of phenols is 1. The van der Waals surface area contributed by atoms with Gasteiger partial charge >= 0.3 is 6.03 Å². The quantitative estimate of drug-likeness (QED) is 0.870. The number of phenolic OH excluding ortho intramolecular Hbond substituents is 1. The molecule has 1 heterocycles. The normalized spacial score (nSPS) is 19.2. The van der Waals surface area contributed by atoms with E-state index in [0.29, 0.717) is 6.54 Å². The maximum Gasteiger partial charge on any atom is 0.317 e. The number of carbonyl (C=O) groups is 1. The Morgan fingerprint density at radius 3 is 2.45 bits per heavy atom. The second kappa shape index (κ2) is 7.01. The maximum atomic E-state index is 12.1. The molecule has 2 amide bonds. The van der Waals surface area contributed by atoms with Crippen molar-refractivity contribution in [3.63, 3.8) is 0 Å². The monoisotopic (exact) mass is 303 g/mol. The van der Waals surface area contributed by atoms with Gasteiger partial charge in [0, 0.05) is 39.3 Å². The molecule has 3 rings (SSSR count). The molecular formula is C17H25N3O2. The van der Waals surface area contributed by atoms with Gasteiger partial charge in [-0.15, -0.1) is 0 Å². The van der Waals surface area contributed by atoms with Crippen LogP contribution in [0.3, 0.4) is 0 Å². The molecule has 0 unspecified atom stereocenters. The highest BCUT2D eigenvalue weighted by molar-refractivity contribution is 5.74. The molecule has 1 aromatic carbocycles. The zero-order valence-electron chi connectivity index (χ0n) is 13.0. The number of hydrogen-bond acceptors (Lipinski definition) is 3. The van der Waals surface area contributed by atoms with Crippen molar-refractivity contribution < 1.29 is 9.90 Å². The van der Waals surface area contributed by atoms with E-state index in [-0.39, 0.29) is 11.8 Å². The van der Waals surface area contributed by atoms with Crippen molar-refractivity contribution in [2.75, 3.05) is 39.3 Å². The van der Waals surface area contributed by atoms with Gasteiger partial charge in [0.1, 0.15) is 5.75 Å². The summed E-state index contributed by atoms with van der Waals surface area (Å²) >= 11 is 0. The minimum absolute atomic E-state index is 0.0462. The van der Waals surface area contributed by atoms with E-state index in [1.54, 1.807) is 12.1 Å². The first-order valence-electron chi connectivity index (χ1n) is 8.24. The summed E-state index contributed by atoms with van der Waals surface area (Å²) in [6.07, 6.45) is 3.56. The minimum Gasteiger partial charge on any atom is -0.508 e. The van der Waals surface area contributed by atoms with Crippen LogP contribution in [0.15, 0.2) is 24.3 Å². The van der Waals surface area contributed by atoms with Gasteiger partial charge in [0.2, 0.25) is 0 Å². The molecule has 22 heavy (non-hydrogen) atoms. The van der Waals surface area contributed by atoms with E-state index in [4.69, 9.17) is 0 Å². The van der Waals surface area contributed by atoms with Crippen molar-refractivity contribution in [3.8, 4) is 5.75 Å². The van der Waals surface area contributed by atoms with Crippen LogP contribution in [0.4, 0.5) is 4.79 Å². The summed E-state index contributed by atoms with van der Waals surface area (Å²) in [7, 11) is 0. The van der Waals surface area contributed by atoms with Crippen molar-refractivity contribution in [1.82, 2.24) is 15.1 Å². The number of nitrogens with zero attached hydrogens (tertiary/aromatic N) is 2. The SMILES string of the molecule is O=C(NCCc1ccc(O)cc1)N1CCN(CC2CC2)CC1. The second-order valence-corrected chi connectivity index (χ2v) is 6.38. The summed E-state index contributed by atoms with van der Waals surface area (Å²) in [5, 5.41) is 12.2. The Labute approximate surface area is 131 Å². The zero-order valence-corrected chi connectivity index (χ0v) is 13.0. The molecule has 0 aromatic heterocycles. The molecule has 5 nitrogen and oxygen atoms in total. The third-order valence-corrected chi connectivity index (χ3v) is 4.50. The maximum absolute atomic E-state index is 12.1. The molecule has 0 bridgehead atoms. The number of aromatic hydroxyl groups is 1. The highest BCUT2D eigenvalue weighted by Crippen LogP contribution is 2.29. The van der Waals surface area contributed by atoms with E-state index in [1.807, 2.05) is 17.0 Å². The summed E-state index contributed by atoms with van der Waals surface area (Å²) in [6, 6.07) is 7.17. The Morgan fingerprint density at radius 2 is 1.82 bits per heavy atom. The Hall–Kier alpha value is -1.75. The van der Waals surface area contributed by atoms with E-state index >= 15 is 0 Å². The predicted octanol–water partition coefficient (Wildman–Crippen LogP) is 1.67. The molecule has 5 heteroatoms. The largest absolute Gasteiger partial charge is 0.508 e. The summed E-state index contributed by atoms with van der Waals surface area (Å²) in [5.74, 6) is 1.20. The van der Waals surface area contributed by atoms with Gasteiger partial charge < -0.3 is 15.3 Å². The first-order valence-corrected chi connectivity index (χ1v) is 8.24. The summed E-state index contributed by atoms with van der Waals surface area (Å²) < 4.78 is 0. The first kappa shape index (κ1) is 15.2. The molecule has 2 aliphatic rings. The number of piperazine rings is 1. The van der Waals surface area contributed by atoms with Crippen LogP contribution in [-0.4, -0.2) is 60.2 Å². The van der Waals surface area contributed by atoms with Crippen LogP contribution in [0.25, 0.3) is 0 Å². The molecular weight excluding hydrogens is 278 g/mol. The topological polar surface area (TPSA) is 55.8 Å². The van der Waals surface area contributed by atoms with Crippen molar-refractivity contribution in [1.29, 1.82) is 0 Å². The first-order chi connectivity index (χ1) is 10.7. The van der Waals surface area contributed by atoms with Crippen LogP contribution in [0, 0.1) is 5.92 Å². The number of benzene rings is 1. The Kier molecular flexibility index (Phi) is 4.83. The third-order valence-electron chi connectivity index (χ3n) is 4.50. The highest BCUT2D eigenvalue weighted by Gasteiger charge is 2.27. The van der Waals surface area contributed by atoms with E-state index in [9.17, 15) is 9.90 Å². The number of rotatable bonds is 5. The van der Waals surface area contributed by atoms with Crippen LogP contribution in [0.1, 0.15) is 18.4 Å². The van der Waals surface area contributed by atoms with Gasteiger partial charge in [-0.3, -0.25) is 4.90 Å². The van der Waals surface area contributed by atoms with Crippen LogP contribution < -0.4 is 5.32 Å². The van der Waals surface area contributed by atoms with Gasteiger partial charge in [-0.2, -0.15) is 0 Å². The fraction of sp³-hybridized carbons (Fsp3) is 0.588. The van der Waals surface area contributed by atoms with E-state index in [0.717, 1.165) is 44.1 Å². The average molecular weight is 303 g/mol. The minimum atomic E-state index is 0.0462. The lowest BCUT2D eigenvalue weighted by molar-refractivity contribution is 0.136. The number of carbonyl (C=O) groups excluding carboxylic acids is 1. The molecule has 1 saturated heterocycles. The van der Waals surface area contributed by atoms with Crippen molar-refractivity contribution in [2.45, 2.75) is 19.3 Å². The summed E-state index contributed by atoms with van der Waals surface area (Å²) in [5.41, 5.74) is 1.12. The summed E-state index contributed by atoms with van der Waals surface area (Å²) in [4.78, 5) is 16.5. The standard InChI is InChI=1S/C17H25N3O2/c21-16-5-3-14(4-6-16)7-8-18-17(22)20-11-9-19(10-12-20)13-15-1-2-15/h3-6,15,21H,1-2,7-13H2,(H,18,22). The summed E-state index contributed by atoms with van der Waals surface area (Å²) in [6.45, 7) is 5.52. The van der Waals surface area contributed by atoms with Crippen molar-refractivity contribution >= 4 is 6.03 Å². The molecule has 2 fully saturated rings. The molecule has 2 N–H and O–H groups in total. The van der Waals surface area contributed by atoms with Gasteiger partial charge in [-0.25, -0.2) is 4.79 Å². The van der Waals surface area contributed by atoms with E-state index in [1.165, 1.54) is 19.4 Å². The van der Waals surface area contributed by atoms with Gasteiger partial charge in [0.25, 0.3) is 0 Å². The lowest BCUT2D eigenvalue weighted by Gasteiger charge is -2.34. The zero-order chi connectivity index (χ0) is 15.4. The van der Waals surface area contributed by atoms with E-state index in [2.05, 4.69) is 10.2 Å². The van der Waals surface area contributed by atoms with E-state index < -0.39 is 0 Å². The van der Waals surface area contributed by atoms with Gasteiger partial charge in [-0.05, 0) is 42.9 Å². The fourth-order valence-corrected chi connectivity index (χ4v) is 2.89. The molecule has 120 valence electrons.